The fraction of sp³-hybridized carbons (Fsp3) is 0.364. The van der Waals surface area contributed by atoms with Crippen LogP contribution in [0, 0.1) is 12.7 Å². The van der Waals surface area contributed by atoms with Gasteiger partial charge in [-0.3, -0.25) is 0 Å². The summed E-state index contributed by atoms with van der Waals surface area (Å²) >= 11 is 0. The third-order valence-corrected chi connectivity index (χ3v) is 4.57. The molecule has 1 aliphatic heterocycles. The Kier molecular flexibility index (Phi) is 6.29. The van der Waals surface area contributed by atoms with E-state index in [1.165, 1.54) is 12.1 Å². The minimum atomic E-state index is -0.316. The SMILES string of the molecule is Cc1ccccc1C1=NO[C@H](CN(Cc2cccc(F)c2)C(=O)NC(C)C)C1. The number of carbonyl (C=O) groups is 1. The molecule has 1 heterocycles. The summed E-state index contributed by atoms with van der Waals surface area (Å²) in [6.45, 7) is 6.52. The number of rotatable bonds is 6. The van der Waals surface area contributed by atoms with Gasteiger partial charge >= 0.3 is 6.03 Å². The molecule has 0 saturated heterocycles. The Morgan fingerprint density at radius 1 is 1.29 bits per heavy atom. The quantitative estimate of drug-likeness (QED) is 0.811. The van der Waals surface area contributed by atoms with Crippen molar-refractivity contribution in [3.8, 4) is 0 Å². The summed E-state index contributed by atoms with van der Waals surface area (Å²) in [5, 5.41) is 7.14. The molecule has 2 amide bonds. The summed E-state index contributed by atoms with van der Waals surface area (Å²) in [4.78, 5) is 19.9. The van der Waals surface area contributed by atoms with E-state index in [1.807, 2.05) is 51.1 Å². The van der Waals surface area contributed by atoms with Crippen LogP contribution in [-0.4, -0.2) is 35.3 Å². The number of nitrogens with zero attached hydrogens (tertiary/aromatic N) is 2. The molecule has 3 rings (SSSR count). The van der Waals surface area contributed by atoms with E-state index >= 15 is 0 Å². The van der Waals surface area contributed by atoms with E-state index in [0.29, 0.717) is 19.5 Å². The summed E-state index contributed by atoms with van der Waals surface area (Å²) in [6, 6.07) is 14.1. The van der Waals surface area contributed by atoms with E-state index in [2.05, 4.69) is 10.5 Å². The summed E-state index contributed by atoms with van der Waals surface area (Å²) in [5.74, 6) is -0.316. The van der Waals surface area contributed by atoms with Gasteiger partial charge in [-0.05, 0) is 44.0 Å². The molecule has 0 spiro atoms. The number of hydrogen-bond donors (Lipinski definition) is 1. The molecule has 0 saturated carbocycles. The van der Waals surface area contributed by atoms with Crippen molar-refractivity contribution in [2.24, 2.45) is 5.16 Å². The van der Waals surface area contributed by atoms with Crippen LogP contribution in [0.1, 0.15) is 37.0 Å². The van der Waals surface area contributed by atoms with Crippen molar-refractivity contribution < 1.29 is 14.0 Å². The lowest BCUT2D eigenvalue weighted by Gasteiger charge is -2.26. The largest absolute Gasteiger partial charge is 0.390 e. The van der Waals surface area contributed by atoms with Crippen molar-refractivity contribution in [1.82, 2.24) is 10.2 Å². The first-order chi connectivity index (χ1) is 13.4. The van der Waals surface area contributed by atoms with Gasteiger partial charge in [-0.15, -0.1) is 0 Å². The molecular weight excluding hydrogens is 357 g/mol. The van der Waals surface area contributed by atoms with Crippen molar-refractivity contribution in [3.05, 3.63) is 71.0 Å². The third kappa shape index (κ3) is 5.09. The highest BCUT2D eigenvalue weighted by molar-refractivity contribution is 6.02. The predicted molar refractivity (Wildman–Crippen MR) is 108 cm³/mol. The van der Waals surface area contributed by atoms with Gasteiger partial charge in [0.05, 0.1) is 12.3 Å². The van der Waals surface area contributed by atoms with Crippen LogP contribution >= 0.6 is 0 Å². The first kappa shape index (κ1) is 19.9. The van der Waals surface area contributed by atoms with Gasteiger partial charge in [0.25, 0.3) is 0 Å². The Morgan fingerprint density at radius 2 is 2.07 bits per heavy atom. The van der Waals surface area contributed by atoms with E-state index in [9.17, 15) is 9.18 Å². The molecule has 28 heavy (non-hydrogen) atoms. The van der Waals surface area contributed by atoms with Crippen LogP contribution in [0.15, 0.2) is 53.7 Å². The minimum Gasteiger partial charge on any atom is -0.390 e. The molecular formula is C22H26FN3O2. The van der Waals surface area contributed by atoms with Crippen molar-refractivity contribution in [3.63, 3.8) is 0 Å². The fourth-order valence-electron chi connectivity index (χ4n) is 3.24. The first-order valence-electron chi connectivity index (χ1n) is 9.51. The normalized spacial score (nSPS) is 15.9. The number of benzene rings is 2. The van der Waals surface area contributed by atoms with E-state index in [4.69, 9.17) is 4.84 Å². The Balaban J connectivity index is 1.69. The zero-order valence-electron chi connectivity index (χ0n) is 16.5. The molecule has 1 aliphatic rings. The van der Waals surface area contributed by atoms with Crippen molar-refractivity contribution in [2.45, 2.75) is 45.9 Å². The average molecular weight is 383 g/mol. The lowest BCUT2D eigenvalue weighted by molar-refractivity contribution is 0.0586. The van der Waals surface area contributed by atoms with Crippen LogP contribution in [0.2, 0.25) is 0 Å². The van der Waals surface area contributed by atoms with Gasteiger partial charge in [0.15, 0.2) is 6.10 Å². The maximum Gasteiger partial charge on any atom is 0.318 e. The lowest BCUT2D eigenvalue weighted by atomic mass is 10.0. The van der Waals surface area contributed by atoms with Gasteiger partial charge in [-0.25, -0.2) is 9.18 Å². The number of carbonyl (C=O) groups excluding carboxylic acids is 1. The number of amides is 2. The molecule has 0 fully saturated rings. The highest BCUT2D eigenvalue weighted by atomic mass is 19.1. The van der Waals surface area contributed by atoms with Crippen LogP contribution in [0.5, 0.6) is 0 Å². The molecule has 0 unspecified atom stereocenters. The van der Waals surface area contributed by atoms with Gasteiger partial charge in [0, 0.05) is 24.6 Å². The summed E-state index contributed by atoms with van der Waals surface area (Å²) in [6.07, 6.45) is 0.389. The van der Waals surface area contributed by atoms with E-state index in [1.54, 1.807) is 11.0 Å². The second kappa shape index (κ2) is 8.87. The molecule has 6 heteroatoms. The molecule has 0 aromatic heterocycles. The van der Waals surface area contributed by atoms with Gasteiger partial charge in [0.1, 0.15) is 5.82 Å². The van der Waals surface area contributed by atoms with Crippen LogP contribution in [0.3, 0.4) is 0 Å². The predicted octanol–water partition coefficient (Wildman–Crippen LogP) is 4.25. The zero-order valence-corrected chi connectivity index (χ0v) is 16.5. The molecule has 1 atom stereocenters. The maximum atomic E-state index is 13.5. The topological polar surface area (TPSA) is 53.9 Å². The Morgan fingerprint density at radius 3 is 2.79 bits per heavy atom. The fourth-order valence-corrected chi connectivity index (χ4v) is 3.24. The van der Waals surface area contributed by atoms with Crippen molar-refractivity contribution >= 4 is 11.7 Å². The maximum absolute atomic E-state index is 13.5. The number of aryl methyl sites for hydroxylation is 1. The molecule has 0 radical (unpaired) electrons. The van der Waals surface area contributed by atoms with E-state index < -0.39 is 0 Å². The monoisotopic (exact) mass is 383 g/mol. The van der Waals surface area contributed by atoms with Crippen LogP contribution in [0.25, 0.3) is 0 Å². The Hall–Kier alpha value is -2.89. The number of oxime groups is 1. The zero-order chi connectivity index (χ0) is 20.1. The van der Waals surface area contributed by atoms with Crippen LogP contribution in [0.4, 0.5) is 9.18 Å². The number of urea groups is 1. The average Bonchev–Trinajstić information content (AvgIpc) is 3.09. The van der Waals surface area contributed by atoms with E-state index in [-0.39, 0.29) is 24.0 Å². The minimum absolute atomic E-state index is 0.00536. The second-order valence-corrected chi connectivity index (χ2v) is 7.40. The third-order valence-electron chi connectivity index (χ3n) is 4.57. The van der Waals surface area contributed by atoms with Gasteiger partial charge in [-0.1, -0.05) is 41.6 Å². The summed E-state index contributed by atoms with van der Waals surface area (Å²) < 4.78 is 13.5. The Bertz CT molecular complexity index is 866. The van der Waals surface area contributed by atoms with Crippen molar-refractivity contribution in [2.75, 3.05) is 6.54 Å². The number of halogens is 1. The second-order valence-electron chi connectivity index (χ2n) is 7.40. The lowest BCUT2D eigenvalue weighted by Crippen LogP contribution is -2.45. The molecule has 0 bridgehead atoms. The summed E-state index contributed by atoms with van der Waals surface area (Å²) in [5.41, 5.74) is 3.82. The molecule has 2 aromatic carbocycles. The molecule has 0 aliphatic carbocycles. The number of nitrogens with one attached hydrogen (secondary N) is 1. The van der Waals surface area contributed by atoms with Gasteiger partial charge in [0.2, 0.25) is 0 Å². The molecule has 5 nitrogen and oxygen atoms in total. The Labute approximate surface area is 165 Å². The summed E-state index contributed by atoms with van der Waals surface area (Å²) in [7, 11) is 0. The highest BCUT2D eigenvalue weighted by Crippen LogP contribution is 2.21. The molecule has 1 N–H and O–H groups in total. The van der Waals surface area contributed by atoms with E-state index in [0.717, 1.165) is 22.4 Å². The number of hydrogen-bond acceptors (Lipinski definition) is 3. The van der Waals surface area contributed by atoms with Crippen molar-refractivity contribution in [1.29, 1.82) is 0 Å². The highest BCUT2D eigenvalue weighted by Gasteiger charge is 2.27. The van der Waals surface area contributed by atoms with Gasteiger partial charge in [-0.2, -0.15) is 0 Å². The molecule has 2 aromatic rings. The standard InChI is InChI=1S/C22H26FN3O2/c1-15(2)24-22(27)26(13-17-8-6-9-18(23)11-17)14-19-12-21(25-28-19)20-10-5-4-7-16(20)3/h4-11,15,19H,12-14H2,1-3H3,(H,24,27)/t19-/m0/s1. The van der Waals surface area contributed by atoms with Crippen LogP contribution < -0.4 is 5.32 Å². The molecule has 148 valence electrons. The van der Waals surface area contributed by atoms with Crippen LogP contribution in [-0.2, 0) is 11.4 Å². The first-order valence-corrected chi connectivity index (χ1v) is 9.51. The smallest absolute Gasteiger partial charge is 0.318 e. The van der Waals surface area contributed by atoms with Gasteiger partial charge < -0.3 is 15.1 Å².